The summed E-state index contributed by atoms with van der Waals surface area (Å²) in [6.07, 6.45) is 3.53. The Hall–Kier alpha value is -0.910. The second kappa shape index (κ2) is 6.70. The van der Waals surface area contributed by atoms with Gasteiger partial charge in [0.15, 0.2) is 0 Å². The molecule has 2 aliphatic heterocycles. The van der Waals surface area contributed by atoms with E-state index in [1.165, 1.54) is 17.7 Å². The van der Waals surface area contributed by atoms with Crippen LogP contribution in [-0.2, 0) is 11.2 Å². The van der Waals surface area contributed by atoms with Gasteiger partial charge in [0.05, 0.1) is 6.54 Å². The third kappa shape index (κ3) is 3.59. The average molecular weight is 293 g/mol. The maximum Gasteiger partial charge on any atom is 0.234 e. The highest BCUT2D eigenvalue weighted by atomic mass is 32.1. The molecule has 3 heterocycles. The number of piperidine rings is 1. The zero-order valence-electron chi connectivity index (χ0n) is 11.8. The van der Waals surface area contributed by atoms with Crippen molar-refractivity contribution in [2.45, 2.75) is 25.3 Å². The van der Waals surface area contributed by atoms with Crippen molar-refractivity contribution in [3.8, 4) is 0 Å². The number of amides is 1. The molecule has 0 radical (unpaired) electrons. The van der Waals surface area contributed by atoms with Crippen LogP contribution in [-0.4, -0.2) is 49.6 Å². The van der Waals surface area contributed by atoms with Crippen molar-refractivity contribution >= 4 is 17.2 Å². The van der Waals surface area contributed by atoms with E-state index in [1.54, 1.807) is 11.3 Å². The Labute approximate surface area is 124 Å². The summed E-state index contributed by atoms with van der Waals surface area (Å²) in [6, 6.07) is 4.79. The standard InChI is InChI=1S/C15H23N3OS/c19-15(17-7-5-13-4-2-8-20-13)11-18-9-12-3-1-6-16-14(12)10-18/h2,4,8,12,14,16H,1,3,5-7,9-11H2,(H,17,19). The average Bonchev–Trinajstić information content (AvgIpc) is 3.06. The lowest BCUT2D eigenvalue weighted by atomic mass is 9.94. The molecule has 0 aromatic carbocycles. The van der Waals surface area contributed by atoms with Crippen LogP contribution in [0.15, 0.2) is 17.5 Å². The number of fused-ring (bicyclic) bond motifs is 1. The maximum absolute atomic E-state index is 12.0. The summed E-state index contributed by atoms with van der Waals surface area (Å²) in [5.41, 5.74) is 0. The van der Waals surface area contributed by atoms with E-state index in [2.05, 4.69) is 33.0 Å². The van der Waals surface area contributed by atoms with Gasteiger partial charge in [0, 0.05) is 30.6 Å². The van der Waals surface area contributed by atoms with Gasteiger partial charge in [-0.15, -0.1) is 11.3 Å². The summed E-state index contributed by atoms with van der Waals surface area (Å²) in [6.45, 7) is 4.55. The zero-order chi connectivity index (χ0) is 13.8. The van der Waals surface area contributed by atoms with E-state index in [1.807, 2.05) is 0 Å². The highest BCUT2D eigenvalue weighted by molar-refractivity contribution is 7.09. The smallest absolute Gasteiger partial charge is 0.234 e. The summed E-state index contributed by atoms with van der Waals surface area (Å²) in [4.78, 5) is 15.6. The second-order valence-electron chi connectivity index (χ2n) is 5.84. The number of rotatable bonds is 5. The van der Waals surface area contributed by atoms with Gasteiger partial charge < -0.3 is 10.6 Å². The molecule has 1 amide bonds. The molecule has 2 fully saturated rings. The number of likely N-dealkylation sites (tertiary alicyclic amines) is 1. The van der Waals surface area contributed by atoms with Crippen LogP contribution < -0.4 is 10.6 Å². The minimum Gasteiger partial charge on any atom is -0.355 e. The van der Waals surface area contributed by atoms with E-state index in [0.29, 0.717) is 12.6 Å². The third-order valence-electron chi connectivity index (χ3n) is 4.32. The first-order valence-electron chi connectivity index (χ1n) is 7.56. The lowest BCUT2D eigenvalue weighted by molar-refractivity contribution is -0.122. The summed E-state index contributed by atoms with van der Waals surface area (Å²) in [5.74, 6) is 0.919. The van der Waals surface area contributed by atoms with Crippen LogP contribution >= 0.6 is 11.3 Å². The van der Waals surface area contributed by atoms with E-state index in [9.17, 15) is 4.79 Å². The minimum absolute atomic E-state index is 0.167. The lowest BCUT2D eigenvalue weighted by Crippen LogP contribution is -2.41. The molecule has 2 unspecified atom stereocenters. The number of hydrogen-bond donors (Lipinski definition) is 2. The number of hydrogen-bond acceptors (Lipinski definition) is 4. The molecule has 0 spiro atoms. The Morgan fingerprint density at radius 3 is 3.25 bits per heavy atom. The van der Waals surface area contributed by atoms with E-state index in [4.69, 9.17) is 0 Å². The Balaban J connectivity index is 1.36. The molecule has 3 rings (SSSR count). The van der Waals surface area contributed by atoms with Crippen molar-refractivity contribution < 1.29 is 4.79 Å². The van der Waals surface area contributed by atoms with Crippen LogP contribution in [0.25, 0.3) is 0 Å². The first kappa shape index (κ1) is 14.0. The molecule has 20 heavy (non-hydrogen) atoms. The van der Waals surface area contributed by atoms with Crippen molar-refractivity contribution in [3.05, 3.63) is 22.4 Å². The number of nitrogens with zero attached hydrogens (tertiary/aromatic N) is 1. The zero-order valence-corrected chi connectivity index (χ0v) is 12.6. The normalized spacial score (nSPS) is 26.4. The Bertz CT molecular complexity index is 420. The molecule has 2 N–H and O–H groups in total. The molecule has 1 aromatic rings. The van der Waals surface area contributed by atoms with E-state index < -0.39 is 0 Å². The van der Waals surface area contributed by atoms with Gasteiger partial charge in [-0.3, -0.25) is 9.69 Å². The number of thiophene rings is 1. The van der Waals surface area contributed by atoms with Gasteiger partial charge in [-0.2, -0.15) is 0 Å². The van der Waals surface area contributed by atoms with Gasteiger partial charge in [-0.05, 0) is 43.2 Å². The van der Waals surface area contributed by atoms with Gasteiger partial charge in [0.1, 0.15) is 0 Å². The molecule has 5 heteroatoms. The Morgan fingerprint density at radius 2 is 2.45 bits per heavy atom. The molecule has 0 aliphatic carbocycles. The molecule has 4 nitrogen and oxygen atoms in total. The highest BCUT2D eigenvalue weighted by Gasteiger charge is 2.34. The van der Waals surface area contributed by atoms with Crippen molar-refractivity contribution in [1.82, 2.24) is 15.5 Å². The van der Waals surface area contributed by atoms with E-state index in [0.717, 1.165) is 38.5 Å². The van der Waals surface area contributed by atoms with E-state index >= 15 is 0 Å². The minimum atomic E-state index is 0.167. The van der Waals surface area contributed by atoms with Crippen LogP contribution in [0.3, 0.4) is 0 Å². The molecule has 1 aromatic heterocycles. The van der Waals surface area contributed by atoms with Crippen molar-refractivity contribution in [2.24, 2.45) is 5.92 Å². The van der Waals surface area contributed by atoms with Crippen LogP contribution in [0.5, 0.6) is 0 Å². The SMILES string of the molecule is O=C(CN1CC2CCCNC2C1)NCCc1cccs1. The fourth-order valence-corrected chi connectivity index (χ4v) is 4.01. The van der Waals surface area contributed by atoms with Crippen LogP contribution in [0.4, 0.5) is 0 Å². The quantitative estimate of drug-likeness (QED) is 0.854. The Kier molecular flexibility index (Phi) is 4.70. The fraction of sp³-hybridized carbons (Fsp3) is 0.667. The van der Waals surface area contributed by atoms with Gasteiger partial charge in [0.2, 0.25) is 5.91 Å². The molecule has 0 saturated carbocycles. The van der Waals surface area contributed by atoms with Gasteiger partial charge >= 0.3 is 0 Å². The first-order valence-corrected chi connectivity index (χ1v) is 8.44. The van der Waals surface area contributed by atoms with Crippen molar-refractivity contribution in [2.75, 3.05) is 32.7 Å². The van der Waals surface area contributed by atoms with Gasteiger partial charge in [0.25, 0.3) is 0 Å². The topological polar surface area (TPSA) is 44.4 Å². The summed E-state index contributed by atoms with van der Waals surface area (Å²) >= 11 is 1.75. The second-order valence-corrected chi connectivity index (χ2v) is 6.87. The third-order valence-corrected chi connectivity index (χ3v) is 5.25. The summed E-state index contributed by atoms with van der Waals surface area (Å²) < 4.78 is 0. The predicted octanol–water partition coefficient (Wildman–Crippen LogP) is 1.09. The molecule has 110 valence electrons. The van der Waals surface area contributed by atoms with Gasteiger partial charge in [-0.25, -0.2) is 0 Å². The number of carbonyl (C=O) groups is 1. The molecule has 2 saturated heterocycles. The molecule has 0 bridgehead atoms. The number of carbonyl (C=O) groups excluding carboxylic acids is 1. The summed E-state index contributed by atoms with van der Waals surface area (Å²) in [7, 11) is 0. The van der Waals surface area contributed by atoms with Crippen LogP contribution in [0.2, 0.25) is 0 Å². The van der Waals surface area contributed by atoms with Crippen molar-refractivity contribution in [1.29, 1.82) is 0 Å². The van der Waals surface area contributed by atoms with Crippen molar-refractivity contribution in [3.63, 3.8) is 0 Å². The van der Waals surface area contributed by atoms with Crippen LogP contribution in [0.1, 0.15) is 17.7 Å². The van der Waals surface area contributed by atoms with Crippen LogP contribution in [0, 0.1) is 5.92 Å². The predicted molar refractivity (Wildman–Crippen MR) is 82.0 cm³/mol. The van der Waals surface area contributed by atoms with Gasteiger partial charge in [-0.1, -0.05) is 6.07 Å². The summed E-state index contributed by atoms with van der Waals surface area (Å²) in [5, 5.41) is 8.69. The first-order chi connectivity index (χ1) is 9.81. The van der Waals surface area contributed by atoms with E-state index in [-0.39, 0.29) is 5.91 Å². The monoisotopic (exact) mass is 293 g/mol. The highest BCUT2D eigenvalue weighted by Crippen LogP contribution is 2.24. The lowest BCUT2D eigenvalue weighted by Gasteiger charge is -2.24. The maximum atomic E-state index is 12.0. The molecule has 2 atom stereocenters. The molecule has 2 aliphatic rings. The molecular formula is C15H23N3OS. The fourth-order valence-electron chi connectivity index (χ4n) is 3.30. The molecular weight excluding hydrogens is 270 g/mol. The Morgan fingerprint density at radius 1 is 1.50 bits per heavy atom. The number of nitrogens with one attached hydrogen (secondary N) is 2. The largest absolute Gasteiger partial charge is 0.355 e.